The van der Waals surface area contributed by atoms with E-state index in [-0.39, 0.29) is 0 Å². The molecule has 0 aliphatic heterocycles. The van der Waals surface area contributed by atoms with Crippen LogP contribution in [0, 0.1) is 0 Å². The molecule has 12 heavy (non-hydrogen) atoms. The third-order valence-corrected chi connectivity index (χ3v) is 2.33. The number of nitrogen functional groups attached to an aromatic ring is 1. The molecule has 2 heterocycles. The van der Waals surface area contributed by atoms with Crippen molar-refractivity contribution >= 4 is 21.4 Å². The molecule has 6 nitrogen and oxygen atoms in total. The molecule has 0 aromatic carbocycles. The lowest BCUT2D eigenvalue weighted by Gasteiger charge is -1.88. The van der Waals surface area contributed by atoms with Crippen LogP contribution in [0.5, 0.6) is 0 Å². The monoisotopic (exact) mass is 184 g/mol. The van der Waals surface area contributed by atoms with E-state index >= 15 is 0 Å². The van der Waals surface area contributed by atoms with Crippen molar-refractivity contribution in [3.05, 3.63) is 5.82 Å². The highest BCUT2D eigenvalue weighted by atomic mass is 32.1. The zero-order chi connectivity index (χ0) is 8.55. The van der Waals surface area contributed by atoms with Crippen LogP contribution >= 0.6 is 11.3 Å². The highest BCUT2D eigenvalue weighted by Gasteiger charge is 2.08. The molecule has 7 heteroatoms. The second-order valence-corrected chi connectivity index (χ2v) is 3.17. The fourth-order valence-electron chi connectivity index (χ4n) is 0.936. The minimum Gasteiger partial charge on any atom is -0.298 e. The van der Waals surface area contributed by atoms with Gasteiger partial charge in [-0.25, -0.2) is 5.84 Å². The predicted molar refractivity (Wildman–Crippen MR) is 45.8 cm³/mol. The normalized spacial score (nSPS) is 10.8. The maximum absolute atomic E-state index is 5.20. The van der Waals surface area contributed by atoms with Crippen LogP contribution in [0.15, 0.2) is 0 Å². The second-order valence-electron chi connectivity index (χ2n) is 2.22. The second kappa shape index (κ2) is 2.68. The van der Waals surface area contributed by atoms with E-state index in [0.717, 1.165) is 17.2 Å². The highest BCUT2D eigenvalue weighted by molar-refractivity contribution is 7.20. The Morgan fingerprint density at radius 2 is 2.42 bits per heavy atom. The molecule has 0 radical (unpaired) electrons. The number of fused-ring (bicyclic) bond motifs is 1. The van der Waals surface area contributed by atoms with Crippen molar-refractivity contribution in [1.82, 2.24) is 19.8 Å². The first-order chi connectivity index (χ1) is 5.85. The smallest absolute Gasteiger partial charge is 0.236 e. The van der Waals surface area contributed by atoms with Crippen LogP contribution < -0.4 is 11.3 Å². The van der Waals surface area contributed by atoms with Gasteiger partial charge in [-0.2, -0.15) is 4.52 Å². The molecule has 0 aliphatic rings. The summed E-state index contributed by atoms with van der Waals surface area (Å²) in [5.74, 6) is 6.05. The van der Waals surface area contributed by atoms with Gasteiger partial charge in [-0.1, -0.05) is 18.3 Å². The Balaban J connectivity index is 2.60. The van der Waals surface area contributed by atoms with Gasteiger partial charge in [0, 0.05) is 6.42 Å². The zero-order valence-corrected chi connectivity index (χ0v) is 7.30. The van der Waals surface area contributed by atoms with Crippen LogP contribution in [-0.4, -0.2) is 19.8 Å². The predicted octanol–water partition coefficient (Wildman–Crippen LogP) is 0.0338. The molecule has 2 aromatic rings. The first-order valence-corrected chi connectivity index (χ1v) is 4.34. The Labute approximate surface area is 72.4 Å². The van der Waals surface area contributed by atoms with Crippen molar-refractivity contribution in [2.45, 2.75) is 13.3 Å². The molecule has 0 saturated carbocycles. The van der Waals surface area contributed by atoms with Crippen LogP contribution in [-0.2, 0) is 6.42 Å². The SMILES string of the molecule is CCc1nnc2sc(NN)nn12. The van der Waals surface area contributed by atoms with Crippen LogP contribution in [0.25, 0.3) is 4.96 Å². The van der Waals surface area contributed by atoms with Crippen molar-refractivity contribution in [3.8, 4) is 0 Å². The molecular formula is C5H8N6S. The molecule has 3 N–H and O–H groups in total. The molecule has 0 unspecified atom stereocenters. The van der Waals surface area contributed by atoms with Crippen molar-refractivity contribution in [2.24, 2.45) is 5.84 Å². The Kier molecular flexibility index (Phi) is 1.66. The minimum absolute atomic E-state index is 0.648. The standard InChI is InChI=1S/C5H8N6S/c1-2-3-8-9-5-11(3)10-4(7-6)12-5/h2,6H2,1H3,(H,7,10). The molecule has 0 amide bonds. The van der Waals surface area contributed by atoms with E-state index in [2.05, 4.69) is 20.7 Å². The average Bonchev–Trinajstić information content (AvgIpc) is 2.61. The molecule has 0 fully saturated rings. The molecular weight excluding hydrogens is 176 g/mol. The lowest BCUT2D eigenvalue weighted by atomic mass is 10.5. The maximum atomic E-state index is 5.20. The van der Waals surface area contributed by atoms with Crippen molar-refractivity contribution < 1.29 is 0 Å². The lowest BCUT2D eigenvalue weighted by Crippen LogP contribution is -2.06. The summed E-state index contributed by atoms with van der Waals surface area (Å²) in [6, 6.07) is 0. The summed E-state index contributed by atoms with van der Waals surface area (Å²) in [6.07, 6.45) is 0.814. The van der Waals surface area contributed by atoms with Gasteiger partial charge in [0.05, 0.1) is 0 Å². The summed E-state index contributed by atoms with van der Waals surface area (Å²) in [7, 11) is 0. The quantitative estimate of drug-likeness (QED) is 0.508. The van der Waals surface area contributed by atoms with Gasteiger partial charge in [-0.3, -0.25) is 5.43 Å². The summed E-state index contributed by atoms with van der Waals surface area (Å²) in [4.78, 5) is 0.764. The van der Waals surface area contributed by atoms with E-state index in [1.807, 2.05) is 6.92 Å². The number of hydrazine groups is 1. The van der Waals surface area contributed by atoms with Gasteiger partial charge in [0.1, 0.15) is 0 Å². The Morgan fingerprint density at radius 1 is 1.58 bits per heavy atom. The minimum atomic E-state index is 0.648. The summed E-state index contributed by atoms with van der Waals surface area (Å²) < 4.78 is 1.69. The largest absolute Gasteiger partial charge is 0.298 e. The van der Waals surface area contributed by atoms with E-state index in [4.69, 9.17) is 5.84 Å². The van der Waals surface area contributed by atoms with Crippen LogP contribution in [0.4, 0.5) is 5.13 Å². The molecule has 0 spiro atoms. The van der Waals surface area contributed by atoms with E-state index in [0.29, 0.717) is 5.13 Å². The van der Waals surface area contributed by atoms with Crippen molar-refractivity contribution in [2.75, 3.05) is 5.43 Å². The summed E-state index contributed by atoms with van der Waals surface area (Å²) in [5, 5.41) is 12.7. The molecule has 2 rings (SSSR count). The van der Waals surface area contributed by atoms with Gasteiger partial charge in [0.15, 0.2) is 5.82 Å². The van der Waals surface area contributed by atoms with E-state index in [1.165, 1.54) is 11.3 Å². The third-order valence-electron chi connectivity index (χ3n) is 1.50. The van der Waals surface area contributed by atoms with E-state index in [1.54, 1.807) is 4.52 Å². The fourth-order valence-corrected chi connectivity index (χ4v) is 1.60. The molecule has 0 aliphatic carbocycles. The first kappa shape index (κ1) is 7.44. The van der Waals surface area contributed by atoms with Crippen molar-refractivity contribution in [1.29, 1.82) is 0 Å². The van der Waals surface area contributed by atoms with Crippen molar-refractivity contribution in [3.63, 3.8) is 0 Å². The lowest BCUT2D eigenvalue weighted by molar-refractivity contribution is 0.836. The number of rotatable bonds is 2. The van der Waals surface area contributed by atoms with Gasteiger partial charge < -0.3 is 0 Å². The number of aryl methyl sites for hydroxylation is 1. The van der Waals surface area contributed by atoms with Crippen LogP contribution in [0.3, 0.4) is 0 Å². The number of nitrogens with one attached hydrogen (secondary N) is 1. The van der Waals surface area contributed by atoms with Gasteiger partial charge in [0.25, 0.3) is 0 Å². The maximum Gasteiger partial charge on any atom is 0.236 e. The number of nitrogens with two attached hydrogens (primary N) is 1. The highest BCUT2D eigenvalue weighted by Crippen LogP contribution is 2.17. The topological polar surface area (TPSA) is 81.1 Å². The number of aromatic nitrogens is 4. The fraction of sp³-hybridized carbons (Fsp3) is 0.400. The summed E-state index contributed by atoms with van der Waals surface area (Å²) in [5.41, 5.74) is 2.47. The molecule has 2 aromatic heterocycles. The number of nitrogens with zero attached hydrogens (tertiary/aromatic N) is 4. The van der Waals surface area contributed by atoms with Gasteiger partial charge in [-0.05, 0) is 0 Å². The van der Waals surface area contributed by atoms with E-state index < -0.39 is 0 Å². The average molecular weight is 184 g/mol. The van der Waals surface area contributed by atoms with Gasteiger partial charge in [0.2, 0.25) is 10.1 Å². The number of anilines is 1. The number of hydrogen-bond acceptors (Lipinski definition) is 6. The number of hydrogen-bond donors (Lipinski definition) is 2. The molecule has 64 valence electrons. The zero-order valence-electron chi connectivity index (χ0n) is 6.48. The van der Waals surface area contributed by atoms with Crippen LogP contribution in [0.1, 0.15) is 12.7 Å². The Hall–Kier alpha value is -1.21. The molecule has 0 saturated heterocycles. The van der Waals surface area contributed by atoms with Crippen LogP contribution in [0.2, 0.25) is 0 Å². The van der Waals surface area contributed by atoms with Gasteiger partial charge >= 0.3 is 0 Å². The first-order valence-electron chi connectivity index (χ1n) is 3.53. The Bertz CT molecular complexity index is 389. The van der Waals surface area contributed by atoms with E-state index in [9.17, 15) is 0 Å². The molecule has 0 bridgehead atoms. The summed E-state index contributed by atoms with van der Waals surface area (Å²) >= 11 is 1.38. The molecule has 0 atom stereocenters. The Morgan fingerprint density at radius 3 is 3.08 bits per heavy atom. The summed E-state index contributed by atoms with van der Waals surface area (Å²) in [6.45, 7) is 2.01. The van der Waals surface area contributed by atoms with Gasteiger partial charge in [-0.15, -0.1) is 15.3 Å². The third kappa shape index (κ3) is 0.942.